The van der Waals surface area contributed by atoms with Crippen LogP contribution in [-0.4, -0.2) is 72.2 Å². The SMILES string of the molecule is CC[C@H](CO)N1CCN(CC(=O)NC(C)C)CC1. The Labute approximate surface area is 110 Å². The third-order valence-electron chi connectivity index (χ3n) is 3.42. The number of amides is 1. The van der Waals surface area contributed by atoms with Gasteiger partial charge in [0.25, 0.3) is 0 Å². The van der Waals surface area contributed by atoms with E-state index in [-0.39, 0.29) is 24.6 Å². The normalized spacial score (nSPS) is 20.1. The van der Waals surface area contributed by atoms with Crippen LogP contribution in [0.2, 0.25) is 0 Å². The molecule has 1 aliphatic rings. The van der Waals surface area contributed by atoms with Gasteiger partial charge in [0, 0.05) is 38.3 Å². The Balaban J connectivity index is 2.29. The summed E-state index contributed by atoms with van der Waals surface area (Å²) >= 11 is 0. The van der Waals surface area contributed by atoms with Gasteiger partial charge in [0.1, 0.15) is 0 Å². The molecule has 1 aliphatic heterocycles. The Hall–Kier alpha value is -0.650. The number of hydrogen-bond acceptors (Lipinski definition) is 4. The molecule has 0 saturated carbocycles. The number of aliphatic hydroxyl groups excluding tert-OH is 1. The summed E-state index contributed by atoms with van der Waals surface area (Å²) in [6.07, 6.45) is 0.977. The molecule has 1 amide bonds. The summed E-state index contributed by atoms with van der Waals surface area (Å²) in [4.78, 5) is 16.1. The lowest BCUT2D eigenvalue weighted by Crippen LogP contribution is -2.53. The van der Waals surface area contributed by atoms with Crippen LogP contribution in [0.4, 0.5) is 0 Å². The molecular weight excluding hydrogens is 230 g/mol. The molecule has 1 saturated heterocycles. The van der Waals surface area contributed by atoms with Crippen LogP contribution in [0.1, 0.15) is 27.2 Å². The summed E-state index contributed by atoms with van der Waals surface area (Å²) in [5.41, 5.74) is 0. The molecule has 5 nitrogen and oxygen atoms in total. The largest absolute Gasteiger partial charge is 0.395 e. The van der Waals surface area contributed by atoms with Gasteiger partial charge in [0.2, 0.25) is 5.91 Å². The van der Waals surface area contributed by atoms with Gasteiger partial charge in [-0.25, -0.2) is 0 Å². The molecule has 5 heteroatoms. The van der Waals surface area contributed by atoms with Gasteiger partial charge in [-0.1, -0.05) is 6.92 Å². The van der Waals surface area contributed by atoms with Gasteiger partial charge in [0.15, 0.2) is 0 Å². The monoisotopic (exact) mass is 257 g/mol. The molecular formula is C13H27N3O2. The van der Waals surface area contributed by atoms with E-state index in [1.165, 1.54) is 0 Å². The number of carbonyl (C=O) groups excluding carboxylic acids is 1. The van der Waals surface area contributed by atoms with Crippen molar-refractivity contribution in [3.8, 4) is 0 Å². The quantitative estimate of drug-likeness (QED) is 0.698. The minimum absolute atomic E-state index is 0.104. The van der Waals surface area contributed by atoms with Crippen molar-refractivity contribution in [1.29, 1.82) is 0 Å². The molecule has 0 spiro atoms. The van der Waals surface area contributed by atoms with E-state index in [2.05, 4.69) is 22.0 Å². The van der Waals surface area contributed by atoms with Crippen LogP contribution in [0.25, 0.3) is 0 Å². The smallest absolute Gasteiger partial charge is 0.234 e. The van der Waals surface area contributed by atoms with Crippen molar-refractivity contribution < 1.29 is 9.90 Å². The molecule has 0 unspecified atom stereocenters. The van der Waals surface area contributed by atoms with Crippen molar-refractivity contribution in [2.45, 2.75) is 39.3 Å². The Kier molecular flexibility index (Phi) is 6.60. The molecule has 0 radical (unpaired) electrons. The molecule has 0 aliphatic carbocycles. The van der Waals surface area contributed by atoms with Crippen molar-refractivity contribution in [3.63, 3.8) is 0 Å². The van der Waals surface area contributed by atoms with Gasteiger partial charge >= 0.3 is 0 Å². The van der Waals surface area contributed by atoms with Gasteiger partial charge in [0.05, 0.1) is 13.2 Å². The maximum atomic E-state index is 11.6. The summed E-state index contributed by atoms with van der Waals surface area (Å²) in [5.74, 6) is 0.104. The molecule has 1 atom stereocenters. The Morgan fingerprint density at radius 3 is 2.33 bits per heavy atom. The Bertz CT molecular complexity index is 247. The molecule has 2 N–H and O–H groups in total. The first-order valence-electron chi connectivity index (χ1n) is 6.93. The molecule has 0 aromatic carbocycles. The third kappa shape index (κ3) is 4.92. The van der Waals surface area contributed by atoms with Crippen LogP contribution >= 0.6 is 0 Å². The minimum Gasteiger partial charge on any atom is -0.395 e. The highest BCUT2D eigenvalue weighted by molar-refractivity contribution is 5.78. The number of aliphatic hydroxyl groups is 1. The number of piperazine rings is 1. The summed E-state index contributed by atoms with van der Waals surface area (Å²) in [6.45, 7) is 10.5. The maximum Gasteiger partial charge on any atom is 0.234 e. The van der Waals surface area contributed by atoms with E-state index < -0.39 is 0 Å². The predicted octanol–water partition coefficient (Wildman–Crippen LogP) is -0.100. The second-order valence-corrected chi connectivity index (χ2v) is 5.28. The lowest BCUT2D eigenvalue weighted by Gasteiger charge is -2.38. The summed E-state index contributed by atoms with van der Waals surface area (Å²) in [5, 5.41) is 12.2. The molecule has 1 rings (SSSR count). The topological polar surface area (TPSA) is 55.8 Å². The highest BCUT2D eigenvalue weighted by atomic mass is 16.3. The fourth-order valence-electron chi connectivity index (χ4n) is 2.36. The van der Waals surface area contributed by atoms with Crippen LogP contribution in [0.15, 0.2) is 0 Å². The van der Waals surface area contributed by atoms with Crippen molar-refractivity contribution >= 4 is 5.91 Å². The summed E-state index contributed by atoms with van der Waals surface area (Å²) < 4.78 is 0. The van der Waals surface area contributed by atoms with Crippen LogP contribution in [-0.2, 0) is 4.79 Å². The van der Waals surface area contributed by atoms with Crippen LogP contribution in [0.3, 0.4) is 0 Å². The number of rotatable bonds is 6. The maximum absolute atomic E-state index is 11.6. The number of nitrogens with one attached hydrogen (secondary N) is 1. The first-order chi connectivity index (χ1) is 8.56. The summed E-state index contributed by atoms with van der Waals surface area (Å²) in [6, 6.07) is 0.481. The van der Waals surface area contributed by atoms with Crippen molar-refractivity contribution in [1.82, 2.24) is 15.1 Å². The zero-order chi connectivity index (χ0) is 13.5. The van der Waals surface area contributed by atoms with Gasteiger partial charge in [-0.3, -0.25) is 14.6 Å². The van der Waals surface area contributed by atoms with Crippen LogP contribution in [0, 0.1) is 0 Å². The van der Waals surface area contributed by atoms with Crippen LogP contribution in [0.5, 0.6) is 0 Å². The van der Waals surface area contributed by atoms with E-state index >= 15 is 0 Å². The fraction of sp³-hybridized carbons (Fsp3) is 0.923. The molecule has 0 bridgehead atoms. The second-order valence-electron chi connectivity index (χ2n) is 5.28. The minimum atomic E-state index is 0.104. The summed E-state index contributed by atoms with van der Waals surface area (Å²) in [7, 11) is 0. The highest BCUT2D eigenvalue weighted by Crippen LogP contribution is 2.08. The zero-order valence-electron chi connectivity index (χ0n) is 11.9. The van der Waals surface area contributed by atoms with E-state index in [9.17, 15) is 9.90 Å². The number of nitrogens with zero attached hydrogens (tertiary/aromatic N) is 2. The van der Waals surface area contributed by atoms with E-state index in [0.717, 1.165) is 32.6 Å². The van der Waals surface area contributed by atoms with Gasteiger partial charge in [-0.05, 0) is 20.3 Å². The first kappa shape index (κ1) is 15.4. The Morgan fingerprint density at radius 2 is 1.89 bits per heavy atom. The van der Waals surface area contributed by atoms with Crippen LogP contribution < -0.4 is 5.32 Å². The first-order valence-corrected chi connectivity index (χ1v) is 6.93. The molecule has 1 fully saturated rings. The fourth-order valence-corrected chi connectivity index (χ4v) is 2.36. The van der Waals surface area contributed by atoms with Crippen molar-refractivity contribution in [2.24, 2.45) is 0 Å². The van der Waals surface area contributed by atoms with Gasteiger partial charge in [-0.15, -0.1) is 0 Å². The van der Waals surface area contributed by atoms with E-state index in [1.807, 2.05) is 13.8 Å². The average Bonchev–Trinajstić information content (AvgIpc) is 2.31. The molecule has 18 heavy (non-hydrogen) atoms. The standard InChI is InChI=1S/C13H27N3O2/c1-4-12(10-17)16-7-5-15(6-8-16)9-13(18)14-11(2)3/h11-12,17H,4-10H2,1-3H3,(H,14,18)/t12-/m1/s1. The zero-order valence-corrected chi connectivity index (χ0v) is 11.9. The lowest BCUT2D eigenvalue weighted by molar-refractivity contribution is -0.123. The van der Waals surface area contributed by atoms with Crippen molar-refractivity contribution in [3.05, 3.63) is 0 Å². The van der Waals surface area contributed by atoms with E-state index in [1.54, 1.807) is 0 Å². The van der Waals surface area contributed by atoms with Gasteiger partial charge in [-0.2, -0.15) is 0 Å². The predicted molar refractivity (Wildman–Crippen MR) is 72.5 cm³/mol. The lowest BCUT2D eigenvalue weighted by atomic mass is 10.1. The molecule has 1 heterocycles. The highest BCUT2D eigenvalue weighted by Gasteiger charge is 2.23. The number of carbonyl (C=O) groups is 1. The average molecular weight is 257 g/mol. The number of hydrogen-bond donors (Lipinski definition) is 2. The van der Waals surface area contributed by atoms with E-state index in [0.29, 0.717) is 6.54 Å². The molecule has 106 valence electrons. The molecule has 0 aromatic rings. The van der Waals surface area contributed by atoms with E-state index in [4.69, 9.17) is 0 Å². The Morgan fingerprint density at radius 1 is 1.28 bits per heavy atom. The molecule has 0 aromatic heterocycles. The third-order valence-corrected chi connectivity index (χ3v) is 3.42. The van der Waals surface area contributed by atoms with Crippen molar-refractivity contribution in [2.75, 3.05) is 39.3 Å². The van der Waals surface area contributed by atoms with Gasteiger partial charge < -0.3 is 10.4 Å². The second kappa shape index (κ2) is 7.71.